The lowest BCUT2D eigenvalue weighted by molar-refractivity contribution is -0.121. The number of nitrogens with one attached hydrogen (secondary N) is 2. The number of aliphatic hydroxyl groups excluding tert-OH is 1. The van der Waals surface area contributed by atoms with E-state index in [0.717, 1.165) is 25.7 Å². The number of hydrogen-bond acceptors (Lipinski definition) is 4. The van der Waals surface area contributed by atoms with Gasteiger partial charge in [-0.25, -0.2) is 0 Å². The number of carbonyl (C=O) groups excluding carboxylic acids is 1. The molecular formula is C15H30N2O3. The molecule has 0 bridgehead atoms. The normalized spacial score (nSPS) is 16.4. The fourth-order valence-electron chi connectivity index (χ4n) is 1.87. The maximum atomic E-state index is 11.4. The van der Waals surface area contributed by atoms with Crippen LogP contribution in [0.2, 0.25) is 0 Å². The first-order valence-electron chi connectivity index (χ1n) is 7.83. The van der Waals surface area contributed by atoms with Crippen molar-refractivity contribution in [2.24, 2.45) is 5.92 Å². The second kappa shape index (κ2) is 10.1. The zero-order valence-electron chi connectivity index (χ0n) is 12.9. The van der Waals surface area contributed by atoms with Crippen LogP contribution in [0, 0.1) is 5.92 Å². The van der Waals surface area contributed by atoms with Gasteiger partial charge in [-0.1, -0.05) is 13.8 Å². The van der Waals surface area contributed by atoms with Gasteiger partial charge in [-0.15, -0.1) is 0 Å². The molecule has 1 fully saturated rings. The maximum Gasteiger partial charge on any atom is 0.221 e. The van der Waals surface area contributed by atoms with Gasteiger partial charge in [0.15, 0.2) is 0 Å². The molecule has 3 N–H and O–H groups in total. The van der Waals surface area contributed by atoms with Crippen LogP contribution in [0.3, 0.4) is 0 Å². The highest BCUT2D eigenvalue weighted by Gasteiger charge is 2.22. The van der Waals surface area contributed by atoms with E-state index in [9.17, 15) is 9.90 Å². The zero-order valence-corrected chi connectivity index (χ0v) is 12.9. The predicted octanol–water partition coefficient (Wildman–Crippen LogP) is 1.06. The molecule has 1 amide bonds. The predicted molar refractivity (Wildman–Crippen MR) is 79.5 cm³/mol. The first-order valence-corrected chi connectivity index (χ1v) is 7.83. The van der Waals surface area contributed by atoms with Crippen LogP contribution in [0.4, 0.5) is 0 Å². The van der Waals surface area contributed by atoms with E-state index in [4.69, 9.17) is 4.74 Å². The van der Waals surface area contributed by atoms with Crippen LogP contribution in [0.25, 0.3) is 0 Å². The van der Waals surface area contributed by atoms with Gasteiger partial charge in [-0.05, 0) is 31.6 Å². The van der Waals surface area contributed by atoms with Crippen molar-refractivity contribution in [3.05, 3.63) is 0 Å². The molecule has 5 heteroatoms. The molecule has 118 valence electrons. The van der Waals surface area contributed by atoms with Crippen molar-refractivity contribution in [2.45, 2.75) is 58.1 Å². The summed E-state index contributed by atoms with van der Waals surface area (Å²) in [4.78, 5) is 11.4. The summed E-state index contributed by atoms with van der Waals surface area (Å²) in [5.41, 5.74) is 0. The van der Waals surface area contributed by atoms with Gasteiger partial charge in [0.25, 0.3) is 0 Å². The molecule has 1 saturated carbocycles. The van der Waals surface area contributed by atoms with Crippen LogP contribution >= 0.6 is 0 Å². The topological polar surface area (TPSA) is 70.6 Å². The number of carbonyl (C=O) groups is 1. The van der Waals surface area contributed by atoms with Gasteiger partial charge in [0.05, 0.1) is 12.7 Å². The minimum Gasteiger partial charge on any atom is -0.389 e. The third-order valence-electron chi connectivity index (χ3n) is 3.23. The summed E-state index contributed by atoms with van der Waals surface area (Å²) in [5, 5.41) is 15.7. The summed E-state index contributed by atoms with van der Waals surface area (Å²) in [5.74, 6) is 0.798. The average molecular weight is 286 g/mol. The molecule has 0 heterocycles. The smallest absolute Gasteiger partial charge is 0.221 e. The Balaban J connectivity index is 1.84. The molecule has 0 saturated heterocycles. The van der Waals surface area contributed by atoms with E-state index in [-0.39, 0.29) is 5.91 Å². The van der Waals surface area contributed by atoms with Crippen LogP contribution in [-0.2, 0) is 9.53 Å². The lowest BCUT2D eigenvalue weighted by atomic mass is 10.1. The summed E-state index contributed by atoms with van der Waals surface area (Å²) in [6.07, 6.45) is 4.40. The number of rotatable bonds is 12. The minimum absolute atomic E-state index is 0.0967. The summed E-state index contributed by atoms with van der Waals surface area (Å²) < 4.78 is 5.42. The SMILES string of the molecule is CC(C)CCCOCC(O)CNCCC(=O)NC1CC1. The van der Waals surface area contributed by atoms with Gasteiger partial charge in [0.2, 0.25) is 5.91 Å². The third-order valence-corrected chi connectivity index (χ3v) is 3.23. The lowest BCUT2D eigenvalue weighted by Crippen LogP contribution is -2.34. The molecule has 1 aliphatic carbocycles. The fourth-order valence-corrected chi connectivity index (χ4v) is 1.87. The van der Waals surface area contributed by atoms with Crippen molar-refractivity contribution < 1.29 is 14.6 Å². The van der Waals surface area contributed by atoms with Crippen molar-refractivity contribution in [2.75, 3.05) is 26.3 Å². The van der Waals surface area contributed by atoms with Crippen molar-refractivity contribution in [3.63, 3.8) is 0 Å². The standard InChI is InChI=1S/C15H30N2O3/c1-12(2)4-3-9-20-11-14(18)10-16-8-7-15(19)17-13-5-6-13/h12-14,16,18H,3-11H2,1-2H3,(H,17,19). The Labute approximate surface area is 122 Å². The Hall–Kier alpha value is -0.650. The van der Waals surface area contributed by atoms with Gasteiger partial charge in [-0.3, -0.25) is 4.79 Å². The zero-order chi connectivity index (χ0) is 14.8. The second-order valence-electron chi connectivity index (χ2n) is 6.06. The fraction of sp³-hybridized carbons (Fsp3) is 0.933. The minimum atomic E-state index is -0.499. The Morgan fingerprint density at radius 1 is 1.40 bits per heavy atom. The lowest BCUT2D eigenvalue weighted by Gasteiger charge is -2.12. The molecule has 0 aliphatic heterocycles. The molecule has 0 aromatic rings. The van der Waals surface area contributed by atoms with Gasteiger partial charge >= 0.3 is 0 Å². The van der Waals surface area contributed by atoms with E-state index in [1.807, 2.05) is 0 Å². The van der Waals surface area contributed by atoms with Crippen LogP contribution in [0.5, 0.6) is 0 Å². The highest BCUT2D eigenvalue weighted by Crippen LogP contribution is 2.18. The summed E-state index contributed by atoms with van der Waals surface area (Å²) >= 11 is 0. The molecule has 1 atom stereocenters. The molecule has 1 aliphatic rings. The van der Waals surface area contributed by atoms with Gasteiger partial charge < -0.3 is 20.5 Å². The van der Waals surface area contributed by atoms with Crippen LogP contribution < -0.4 is 10.6 Å². The first-order chi connectivity index (χ1) is 9.58. The largest absolute Gasteiger partial charge is 0.389 e. The summed E-state index contributed by atoms with van der Waals surface area (Å²) in [6.45, 7) is 6.53. The molecule has 0 aromatic carbocycles. The third kappa shape index (κ3) is 10.2. The van der Waals surface area contributed by atoms with E-state index in [2.05, 4.69) is 24.5 Å². The molecule has 0 aromatic heterocycles. The molecule has 0 spiro atoms. The molecule has 20 heavy (non-hydrogen) atoms. The van der Waals surface area contributed by atoms with E-state index in [0.29, 0.717) is 44.7 Å². The van der Waals surface area contributed by atoms with Crippen molar-refractivity contribution >= 4 is 5.91 Å². The summed E-state index contributed by atoms with van der Waals surface area (Å²) in [7, 11) is 0. The Morgan fingerprint density at radius 3 is 2.80 bits per heavy atom. The van der Waals surface area contributed by atoms with Crippen molar-refractivity contribution in [1.29, 1.82) is 0 Å². The van der Waals surface area contributed by atoms with E-state index in [1.165, 1.54) is 0 Å². The van der Waals surface area contributed by atoms with E-state index < -0.39 is 6.10 Å². The monoisotopic (exact) mass is 286 g/mol. The van der Waals surface area contributed by atoms with Crippen molar-refractivity contribution in [3.8, 4) is 0 Å². The second-order valence-corrected chi connectivity index (χ2v) is 6.06. The first kappa shape index (κ1) is 17.4. The van der Waals surface area contributed by atoms with Crippen LogP contribution in [0.1, 0.15) is 46.0 Å². The number of hydrogen-bond donors (Lipinski definition) is 3. The van der Waals surface area contributed by atoms with Gasteiger partial charge in [0, 0.05) is 32.2 Å². The van der Waals surface area contributed by atoms with Crippen LogP contribution in [0.15, 0.2) is 0 Å². The van der Waals surface area contributed by atoms with Crippen molar-refractivity contribution in [1.82, 2.24) is 10.6 Å². The molecule has 1 unspecified atom stereocenters. The van der Waals surface area contributed by atoms with Crippen LogP contribution in [-0.4, -0.2) is 49.5 Å². The Kier molecular flexibility index (Phi) is 8.82. The maximum absolute atomic E-state index is 11.4. The average Bonchev–Trinajstić information content (AvgIpc) is 3.17. The highest BCUT2D eigenvalue weighted by molar-refractivity contribution is 5.76. The van der Waals surface area contributed by atoms with E-state index in [1.54, 1.807) is 0 Å². The highest BCUT2D eigenvalue weighted by atomic mass is 16.5. The van der Waals surface area contributed by atoms with E-state index >= 15 is 0 Å². The Morgan fingerprint density at radius 2 is 2.15 bits per heavy atom. The Bertz CT molecular complexity index is 268. The number of aliphatic hydroxyl groups is 1. The quantitative estimate of drug-likeness (QED) is 0.469. The molecular weight excluding hydrogens is 256 g/mol. The van der Waals surface area contributed by atoms with Gasteiger partial charge in [0.1, 0.15) is 0 Å². The number of amides is 1. The number of ether oxygens (including phenoxy) is 1. The molecule has 1 rings (SSSR count). The summed E-state index contributed by atoms with van der Waals surface area (Å²) in [6, 6.07) is 0.423. The van der Waals surface area contributed by atoms with Gasteiger partial charge in [-0.2, -0.15) is 0 Å². The molecule has 0 radical (unpaired) electrons. The molecule has 5 nitrogen and oxygen atoms in total.